The van der Waals surface area contributed by atoms with E-state index in [0.717, 1.165) is 31.0 Å². The first-order valence-corrected chi connectivity index (χ1v) is 8.00. The van der Waals surface area contributed by atoms with Crippen LogP contribution >= 0.6 is 11.8 Å². The van der Waals surface area contributed by atoms with Crippen molar-refractivity contribution in [3.05, 3.63) is 29.8 Å². The molecule has 0 saturated carbocycles. The average molecular weight is 277 g/mol. The van der Waals surface area contributed by atoms with Gasteiger partial charge in [0.1, 0.15) is 11.2 Å². The Kier molecular flexibility index (Phi) is 8.16. The van der Waals surface area contributed by atoms with Crippen molar-refractivity contribution in [2.24, 2.45) is 0 Å². The Bertz CT molecular complexity index is 383. The standard InChI is InChI=1S/C16H23NOS/c1-3-4-5-11-18-16-8-6-15(7-9-16)14(2)10-12-19-13-17/h6-9,14H,3-5,10-12H2,1-2H3. The zero-order valence-electron chi connectivity index (χ0n) is 11.9. The van der Waals surface area contributed by atoms with E-state index in [1.54, 1.807) is 0 Å². The fraction of sp³-hybridized carbons (Fsp3) is 0.562. The van der Waals surface area contributed by atoms with Gasteiger partial charge in [-0.25, -0.2) is 0 Å². The van der Waals surface area contributed by atoms with Gasteiger partial charge in [0.2, 0.25) is 0 Å². The maximum Gasteiger partial charge on any atom is 0.133 e. The molecular formula is C16H23NOS. The molecule has 104 valence electrons. The van der Waals surface area contributed by atoms with E-state index < -0.39 is 0 Å². The molecule has 1 aromatic rings. The van der Waals surface area contributed by atoms with Crippen molar-refractivity contribution < 1.29 is 4.74 Å². The quantitative estimate of drug-likeness (QED) is 0.472. The van der Waals surface area contributed by atoms with Crippen molar-refractivity contribution in [2.75, 3.05) is 12.4 Å². The van der Waals surface area contributed by atoms with Crippen molar-refractivity contribution >= 4 is 11.8 Å². The summed E-state index contributed by atoms with van der Waals surface area (Å²) in [6, 6.07) is 8.37. The van der Waals surface area contributed by atoms with Gasteiger partial charge in [0, 0.05) is 5.75 Å². The minimum Gasteiger partial charge on any atom is -0.494 e. The maximum atomic E-state index is 8.50. The van der Waals surface area contributed by atoms with Crippen LogP contribution in [0.5, 0.6) is 5.75 Å². The van der Waals surface area contributed by atoms with Crippen molar-refractivity contribution in [1.82, 2.24) is 0 Å². The van der Waals surface area contributed by atoms with E-state index in [1.165, 1.54) is 30.2 Å². The fourth-order valence-electron chi connectivity index (χ4n) is 1.88. The molecule has 1 rings (SSSR count). The lowest BCUT2D eigenvalue weighted by molar-refractivity contribution is 0.306. The second-order valence-corrected chi connectivity index (χ2v) is 5.63. The molecule has 0 fully saturated rings. The minimum absolute atomic E-state index is 0.495. The van der Waals surface area contributed by atoms with E-state index in [-0.39, 0.29) is 0 Å². The first-order valence-electron chi connectivity index (χ1n) is 7.01. The van der Waals surface area contributed by atoms with Crippen LogP contribution in [-0.2, 0) is 0 Å². The molecule has 0 amide bonds. The molecule has 0 aliphatic heterocycles. The zero-order chi connectivity index (χ0) is 13.9. The van der Waals surface area contributed by atoms with Gasteiger partial charge in [-0.15, -0.1) is 0 Å². The van der Waals surface area contributed by atoms with E-state index in [1.807, 2.05) is 0 Å². The fourth-order valence-corrected chi connectivity index (χ4v) is 2.45. The van der Waals surface area contributed by atoms with E-state index in [0.29, 0.717) is 5.92 Å². The Morgan fingerprint density at radius 1 is 1.26 bits per heavy atom. The van der Waals surface area contributed by atoms with Crippen molar-refractivity contribution in [2.45, 2.75) is 45.4 Å². The van der Waals surface area contributed by atoms with Crippen LogP contribution < -0.4 is 4.74 Å². The Hall–Kier alpha value is -1.14. The van der Waals surface area contributed by atoms with Gasteiger partial charge in [0.05, 0.1) is 6.61 Å². The number of unbranched alkanes of at least 4 members (excludes halogenated alkanes) is 2. The Labute approximate surface area is 121 Å². The lowest BCUT2D eigenvalue weighted by Crippen LogP contribution is -1.98. The summed E-state index contributed by atoms with van der Waals surface area (Å²) in [6.45, 7) is 5.21. The summed E-state index contributed by atoms with van der Waals surface area (Å²) in [7, 11) is 0. The highest BCUT2D eigenvalue weighted by Gasteiger charge is 2.05. The van der Waals surface area contributed by atoms with Gasteiger partial charge in [-0.1, -0.05) is 38.8 Å². The van der Waals surface area contributed by atoms with Crippen molar-refractivity contribution in [3.8, 4) is 11.2 Å². The second-order valence-electron chi connectivity index (χ2n) is 4.75. The Morgan fingerprint density at radius 2 is 2.00 bits per heavy atom. The van der Waals surface area contributed by atoms with Gasteiger partial charge < -0.3 is 4.74 Å². The molecule has 3 heteroatoms. The van der Waals surface area contributed by atoms with Crippen LogP contribution in [0.25, 0.3) is 0 Å². The van der Waals surface area contributed by atoms with Crippen LogP contribution in [0.2, 0.25) is 0 Å². The van der Waals surface area contributed by atoms with Gasteiger partial charge in [0.25, 0.3) is 0 Å². The lowest BCUT2D eigenvalue weighted by atomic mass is 9.99. The van der Waals surface area contributed by atoms with Crippen LogP contribution in [0.1, 0.15) is 51.0 Å². The number of nitrogens with zero attached hydrogens (tertiary/aromatic N) is 1. The van der Waals surface area contributed by atoms with E-state index in [2.05, 4.69) is 43.5 Å². The highest BCUT2D eigenvalue weighted by Crippen LogP contribution is 2.23. The van der Waals surface area contributed by atoms with Gasteiger partial charge in [-0.3, -0.25) is 0 Å². The molecule has 0 N–H and O–H groups in total. The summed E-state index contributed by atoms with van der Waals surface area (Å²) in [4.78, 5) is 0. The topological polar surface area (TPSA) is 33.0 Å². The van der Waals surface area contributed by atoms with Crippen LogP contribution in [0, 0.1) is 10.7 Å². The minimum atomic E-state index is 0.495. The summed E-state index contributed by atoms with van der Waals surface area (Å²) in [5.41, 5.74) is 1.32. The number of benzene rings is 1. The van der Waals surface area contributed by atoms with Crippen LogP contribution in [0.3, 0.4) is 0 Å². The van der Waals surface area contributed by atoms with Crippen molar-refractivity contribution in [1.29, 1.82) is 5.26 Å². The Balaban J connectivity index is 2.36. The predicted octanol–water partition coefficient (Wildman–Crippen LogP) is 4.96. The van der Waals surface area contributed by atoms with E-state index in [9.17, 15) is 0 Å². The van der Waals surface area contributed by atoms with Crippen molar-refractivity contribution in [3.63, 3.8) is 0 Å². The normalized spacial score (nSPS) is 11.8. The van der Waals surface area contributed by atoms with E-state index in [4.69, 9.17) is 10.00 Å². The third kappa shape index (κ3) is 6.54. The van der Waals surface area contributed by atoms with Crippen LogP contribution in [0.15, 0.2) is 24.3 Å². The highest BCUT2D eigenvalue weighted by atomic mass is 32.2. The largest absolute Gasteiger partial charge is 0.494 e. The molecule has 1 aromatic carbocycles. The average Bonchev–Trinajstić information content (AvgIpc) is 2.44. The zero-order valence-corrected chi connectivity index (χ0v) is 12.7. The summed E-state index contributed by atoms with van der Waals surface area (Å²) >= 11 is 1.33. The molecule has 0 spiro atoms. The molecule has 0 bridgehead atoms. The molecular weight excluding hydrogens is 254 g/mol. The maximum absolute atomic E-state index is 8.50. The number of ether oxygens (including phenoxy) is 1. The molecule has 0 saturated heterocycles. The molecule has 0 aromatic heterocycles. The third-order valence-corrected chi connectivity index (χ3v) is 3.75. The van der Waals surface area contributed by atoms with Crippen LogP contribution in [-0.4, -0.2) is 12.4 Å². The number of thiocyanates is 1. The number of rotatable bonds is 9. The summed E-state index contributed by atoms with van der Waals surface area (Å²) < 4.78 is 5.69. The first-order chi connectivity index (χ1) is 9.27. The Morgan fingerprint density at radius 3 is 2.63 bits per heavy atom. The smallest absolute Gasteiger partial charge is 0.133 e. The highest BCUT2D eigenvalue weighted by molar-refractivity contribution is 8.03. The first kappa shape index (κ1) is 15.9. The number of thioether (sulfide) groups is 1. The van der Waals surface area contributed by atoms with Gasteiger partial charge in [0.15, 0.2) is 0 Å². The number of nitriles is 1. The molecule has 0 aliphatic carbocycles. The van der Waals surface area contributed by atoms with E-state index >= 15 is 0 Å². The number of hydrogen-bond acceptors (Lipinski definition) is 3. The molecule has 19 heavy (non-hydrogen) atoms. The predicted molar refractivity (Wildman–Crippen MR) is 82.6 cm³/mol. The summed E-state index contributed by atoms with van der Waals surface area (Å²) in [5, 5.41) is 10.6. The van der Waals surface area contributed by atoms with Gasteiger partial charge in [-0.05, 0) is 48.2 Å². The molecule has 2 nitrogen and oxygen atoms in total. The molecule has 0 heterocycles. The SMILES string of the molecule is CCCCCOc1ccc(C(C)CCSC#N)cc1. The number of hydrogen-bond donors (Lipinski definition) is 0. The molecule has 0 radical (unpaired) electrons. The van der Waals surface area contributed by atoms with Crippen LogP contribution in [0.4, 0.5) is 0 Å². The van der Waals surface area contributed by atoms with Gasteiger partial charge in [-0.2, -0.15) is 5.26 Å². The molecule has 1 atom stereocenters. The monoisotopic (exact) mass is 277 g/mol. The third-order valence-electron chi connectivity index (χ3n) is 3.18. The summed E-state index contributed by atoms with van der Waals surface area (Å²) in [5.74, 6) is 2.35. The summed E-state index contributed by atoms with van der Waals surface area (Å²) in [6.07, 6.45) is 4.61. The molecule has 1 unspecified atom stereocenters. The lowest BCUT2D eigenvalue weighted by Gasteiger charge is -2.12. The van der Waals surface area contributed by atoms with Gasteiger partial charge >= 0.3 is 0 Å². The molecule has 0 aliphatic rings. The second kappa shape index (κ2) is 9.75.